The second-order valence-electron chi connectivity index (χ2n) is 5.83. The Morgan fingerprint density at radius 2 is 2.33 bits per heavy atom. The first-order chi connectivity index (χ1) is 11.7. The molecular weight excluding hydrogens is 326 g/mol. The number of aryl methyl sites for hydroxylation is 1. The Balaban J connectivity index is 1.48. The number of nitrogens with zero attached hydrogens (tertiary/aromatic N) is 3. The molecular formula is C17H17N3O3S. The molecule has 1 aromatic carbocycles. The highest BCUT2D eigenvalue weighted by atomic mass is 32.1. The molecule has 2 aromatic heterocycles. The Morgan fingerprint density at radius 1 is 1.46 bits per heavy atom. The number of benzene rings is 1. The minimum atomic E-state index is -0.0441. The van der Waals surface area contributed by atoms with Crippen LogP contribution in [-0.2, 0) is 4.79 Å². The molecule has 1 amide bonds. The van der Waals surface area contributed by atoms with Crippen LogP contribution in [-0.4, -0.2) is 34.1 Å². The molecule has 0 radical (unpaired) electrons. The number of fused-ring (bicyclic) bond motifs is 1. The maximum atomic E-state index is 12.5. The number of thiazole rings is 1. The van der Waals surface area contributed by atoms with Gasteiger partial charge in [-0.2, -0.15) is 0 Å². The van der Waals surface area contributed by atoms with Crippen molar-refractivity contribution in [1.29, 1.82) is 0 Å². The van der Waals surface area contributed by atoms with Gasteiger partial charge in [0.2, 0.25) is 0 Å². The lowest BCUT2D eigenvalue weighted by Gasteiger charge is -2.22. The number of rotatable bonds is 4. The van der Waals surface area contributed by atoms with Gasteiger partial charge in [0.05, 0.1) is 16.3 Å². The number of ether oxygens (including phenoxy) is 1. The summed E-state index contributed by atoms with van der Waals surface area (Å²) in [6.45, 7) is 2.49. The summed E-state index contributed by atoms with van der Waals surface area (Å²) in [5.41, 5.74) is 0.992. The minimum Gasteiger partial charge on any atom is -0.465 e. The first-order valence-electron chi connectivity index (χ1n) is 7.92. The molecule has 0 spiro atoms. The van der Waals surface area contributed by atoms with Gasteiger partial charge in [0.25, 0.3) is 11.8 Å². The molecule has 1 atom stereocenters. The van der Waals surface area contributed by atoms with Crippen molar-refractivity contribution in [1.82, 2.24) is 15.0 Å². The van der Waals surface area contributed by atoms with Crippen LogP contribution in [0.5, 0.6) is 5.88 Å². The number of hydrogen-bond acceptors (Lipinski definition) is 6. The van der Waals surface area contributed by atoms with E-state index in [0.717, 1.165) is 34.6 Å². The molecule has 24 heavy (non-hydrogen) atoms. The van der Waals surface area contributed by atoms with Gasteiger partial charge in [-0.1, -0.05) is 12.1 Å². The van der Waals surface area contributed by atoms with E-state index in [9.17, 15) is 4.79 Å². The van der Waals surface area contributed by atoms with E-state index in [1.165, 1.54) is 0 Å². The Bertz CT molecular complexity index is 840. The normalized spacial score (nSPS) is 17.5. The molecule has 1 aliphatic heterocycles. The van der Waals surface area contributed by atoms with Crippen molar-refractivity contribution >= 4 is 27.5 Å². The molecule has 3 heterocycles. The molecule has 6 nitrogen and oxygen atoms in total. The number of carbonyl (C=O) groups is 1. The highest BCUT2D eigenvalue weighted by Gasteiger charge is 2.32. The average Bonchev–Trinajstić information content (AvgIpc) is 3.30. The highest BCUT2D eigenvalue weighted by molar-refractivity contribution is 7.18. The number of carbonyl (C=O) groups excluding carboxylic acids is 1. The van der Waals surface area contributed by atoms with E-state index in [4.69, 9.17) is 14.2 Å². The van der Waals surface area contributed by atoms with Crippen LogP contribution >= 0.6 is 11.3 Å². The number of hydrogen-bond donors (Lipinski definition) is 0. The SMILES string of the molecule is Cc1cc(OCC(=O)N2CCCC2c2nc3ccccc3s2)no1. The summed E-state index contributed by atoms with van der Waals surface area (Å²) in [5.74, 6) is 0.958. The van der Waals surface area contributed by atoms with Gasteiger partial charge in [-0.3, -0.25) is 4.79 Å². The predicted molar refractivity (Wildman–Crippen MR) is 90.0 cm³/mol. The molecule has 124 valence electrons. The van der Waals surface area contributed by atoms with Crippen molar-refractivity contribution in [2.75, 3.05) is 13.2 Å². The zero-order valence-corrected chi connectivity index (χ0v) is 14.1. The summed E-state index contributed by atoms with van der Waals surface area (Å²) < 4.78 is 11.5. The first kappa shape index (κ1) is 15.1. The van der Waals surface area contributed by atoms with Crippen LogP contribution in [0.3, 0.4) is 0 Å². The topological polar surface area (TPSA) is 68.5 Å². The van der Waals surface area contributed by atoms with Crippen LogP contribution in [0.25, 0.3) is 10.2 Å². The molecule has 1 unspecified atom stereocenters. The van der Waals surface area contributed by atoms with Crippen molar-refractivity contribution in [3.8, 4) is 5.88 Å². The highest BCUT2D eigenvalue weighted by Crippen LogP contribution is 2.36. The fraction of sp³-hybridized carbons (Fsp3) is 0.353. The van der Waals surface area contributed by atoms with Crippen molar-refractivity contribution < 1.29 is 14.1 Å². The Labute approximate surface area is 143 Å². The lowest BCUT2D eigenvalue weighted by molar-refractivity contribution is -0.134. The third-order valence-corrected chi connectivity index (χ3v) is 5.26. The van der Waals surface area contributed by atoms with Gasteiger partial charge in [0.1, 0.15) is 10.8 Å². The largest absolute Gasteiger partial charge is 0.465 e. The van der Waals surface area contributed by atoms with Gasteiger partial charge in [0.15, 0.2) is 6.61 Å². The molecule has 3 aromatic rings. The Morgan fingerprint density at radius 3 is 3.12 bits per heavy atom. The van der Waals surface area contributed by atoms with Gasteiger partial charge < -0.3 is 14.2 Å². The molecule has 0 N–H and O–H groups in total. The number of aromatic nitrogens is 2. The van der Waals surface area contributed by atoms with E-state index >= 15 is 0 Å². The molecule has 4 rings (SSSR count). The summed E-state index contributed by atoms with van der Waals surface area (Å²) in [5, 5.41) is 4.74. The predicted octanol–water partition coefficient (Wildman–Crippen LogP) is 3.34. The van der Waals surface area contributed by atoms with E-state index in [1.807, 2.05) is 23.1 Å². The quantitative estimate of drug-likeness (QED) is 0.727. The zero-order valence-electron chi connectivity index (χ0n) is 13.3. The number of likely N-dealkylation sites (tertiary alicyclic amines) is 1. The molecule has 0 bridgehead atoms. The minimum absolute atomic E-state index is 0.0344. The fourth-order valence-corrected chi connectivity index (χ4v) is 4.10. The van der Waals surface area contributed by atoms with E-state index in [2.05, 4.69) is 11.2 Å². The van der Waals surface area contributed by atoms with Gasteiger partial charge in [-0.05, 0) is 37.1 Å². The number of para-hydroxylation sites is 1. The Kier molecular flexibility index (Phi) is 3.93. The Hall–Kier alpha value is -2.41. The number of amides is 1. The summed E-state index contributed by atoms with van der Waals surface area (Å²) in [7, 11) is 0. The molecule has 7 heteroatoms. The van der Waals surface area contributed by atoms with Gasteiger partial charge in [0, 0.05) is 12.6 Å². The van der Waals surface area contributed by atoms with Gasteiger partial charge in [-0.25, -0.2) is 4.98 Å². The summed E-state index contributed by atoms with van der Waals surface area (Å²) in [4.78, 5) is 19.1. The maximum absolute atomic E-state index is 12.5. The van der Waals surface area contributed by atoms with Crippen LogP contribution in [0, 0.1) is 6.92 Å². The lowest BCUT2D eigenvalue weighted by atomic mass is 10.2. The molecule has 0 aliphatic carbocycles. The van der Waals surface area contributed by atoms with Crippen LogP contribution in [0.1, 0.15) is 29.7 Å². The van der Waals surface area contributed by atoms with Crippen molar-refractivity contribution in [2.24, 2.45) is 0 Å². The van der Waals surface area contributed by atoms with Gasteiger partial charge in [-0.15, -0.1) is 11.3 Å². The third kappa shape index (κ3) is 2.87. The molecule has 1 fully saturated rings. The second kappa shape index (κ2) is 6.24. The standard InChI is InChI=1S/C17H17N3O3S/c1-11-9-15(19-23-11)22-10-16(21)20-8-4-6-13(20)17-18-12-5-2-3-7-14(12)24-17/h2-3,5,7,9,13H,4,6,8,10H2,1H3. The second-order valence-corrected chi connectivity index (χ2v) is 6.89. The smallest absolute Gasteiger partial charge is 0.261 e. The molecule has 1 saturated heterocycles. The summed E-state index contributed by atoms with van der Waals surface area (Å²) in [6, 6.07) is 9.77. The first-order valence-corrected chi connectivity index (χ1v) is 8.73. The van der Waals surface area contributed by atoms with Crippen LogP contribution in [0.2, 0.25) is 0 Å². The summed E-state index contributed by atoms with van der Waals surface area (Å²) in [6.07, 6.45) is 1.92. The fourth-order valence-electron chi connectivity index (χ4n) is 2.98. The van der Waals surface area contributed by atoms with Gasteiger partial charge >= 0.3 is 0 Å². The van der Waals surface area contributed by atoms with Crippen molar-refractivity contribution in [2.45, 2.75) is 25.8 Å². The van der Waals surface area contributed by atoms with Crippen molar-refractivity contribution in [3.05, 3.63) is 41.1 Å². The molecule has 0 saturated carbocycles. The lowest BCUT2D eigenvalue weighted by Crippen LogP contribution is -2.34. The maximum Gasteiger partial charge on any atom is 0.261 e. The van der Waals surface area contributed by atoms with Crippen LogP contribution in [0.4, 0.5) is 0 Å². The van der Waals surface area contributed by atoms with E-state index in [1.54, 1.807) is 24.3 Å². The zero-order chi connectivity index (χ0) is 16.5. The van der Waals surface area contributed by atoms with E-state index in [0.29, 0.717) is 11.6 Å². The molecule has 1 aliphatic rings. The third-order valence-electron chi connectivity index (χ3n) is 4.12. The average molecular weight is 343 g/mol. The van der Waals surface area contributed by atoms with E-state index in [-0.39, 0.29) is 18.6 Å². The summed E-state index contributed by atoms with van der Waals surface area (Å²) >= 11 is 1.66. The van der Waals surface area contributed by atoms with Crippen LogP contribution < -0.4 is 4.74 Å². The van der Waals surface area contributed by atoms with Crippen LogP contribution in [0.15, 0.2) is 34.9 Å². The monoisotopic (exact) mass is 343 g/mol. The van der Waals surface area contributed by atoms with Crippen molar-refractivity contribution in [3.63, 3.8) is 0 Å². The van der Waals surface area contributed by atoms with E-state index < -0.39 is 0 Å².